The molecule has 4 rings (SSSR count). The van der Waals surface area contributed by atoms with E-state index in [0.29, 0.717) is 23.3 Å². The van der Waals surface area contributed by atoms with Gasteiger partial charge < -0.3 is 9.64 Å². The molecule has 1 amide bonds. The molecular weight excluding hydrogens is 330 g/mol. The first kappa shape index (κ1) is 15.1. The lowest BCUT2D eigenvalue weighted by Crippen LogP contribution is -2.33. The predicted octanol–water partition coefficient (Wildman–Crippen LogP) is 3.05. The summed E-state index contributed by atoms with van der Waals surface area (Å²) in [6.07, 6.45) is 3.62. The molecule has 0 radical (unpaired) electrons. The fraction of sp³-hybridized carbons (Fsp3) is 0.500. The SMILES string of the molecule is O=C(c1cnn2c1OCCC2)N1CCSC(c2cccs2)CC1. The smallest absolute Gasteiger partial charge is 0.261 e. The third-order valence-electron chi connectivity index (χ3n) is 4.26. The topological polar surface area (TPSA) is 47.4 Å². The first-order valence-corrected chi connectivity index (χ1v) is 9.88. The highest BCUT2D eigenvalue weighted by atomic mass is 32.2. The van der Waals surface area contributed by atoms with Crippen molar-refractivity contribution in [3.05, 3.63) is 34.2 Å². The number of ether oxygens (including phenoxy) is 1. The van der Waals surface area contributed by atoms with Crippen LogP contribution in [0, 0.1) is 0 Å². The standard InChI is InChI=1S/C16H19N3O2S2/c20-15(12-11-17-19-5-2-8-21-16(12)19)18-6-4-14(23-10-7-18)13-3-1-9-22-13/h1,3,9,11,14H,2,4-8,10H2. The van der Waals surface area contributed by atoms with Crippen LogP contribution in [0.15, 0.2) is 23.7 Å². The van der Waals surface area contributed by atoms with Crippen molar-refractivity contribution in [3.8, 4) is 5.88 Å². The third-order valence-corrected chi connectivity index (χ3v) is 6.71. The molecular formula is C16H19N3O2S2. The summed E-state index contributed by atoms with van der Waals surface area (Å²) in [4.78, 5) is 16.2. The highest BCUT2D eigenvalue weighted by molar-refractivity contribution is 7.99. The van der Waals surface area contributed by atoms with E-state index in [1.165, 1.54) is 4.88 Å². The lowest BCUT2D eigenvalue weighted by Gasteiger charge is -2.21. The van der Waals surface area contributed by atoms with E-state index in [9.17, 15) is 4.79 Å². The first-order valence-electron chi connectivity index (χ1n) is 7.96. The number of carbonyl (C=O) groups is 1. The largest absolute Gasteiger partial charge is 0.477 e. The molecule has 2 aliphatic rings. The van der Waals surface area contributed by atoms with Gasteiger partial charge in [-0.2, -0.15) is 16.9 Å². The van der Waals surface area contributed by atoms with Gasteiger partial charge in [-0.25, -0.2) is 4.68 Å². The van der Waals surface area contributed by atoms with Crippen LogP contribution in [0.5, 0.6) is 5.88 Å². The van der Waals surface area contributed by atoms with Gasteiger partial charge in [-0.05, 0) is 17.9 Å². The quantitative estimate of drug-likeness (QED) is 0.836. The van der Waals surface area contributed by atoms with E-state index in [1.54, 1.807) is 10.9 Å². The molecule has 2 aromatic heterocycles. The summed E-state index contributed by atoms with van der Waals surface area (Å²) in [5, 5.41) is 6.92. The van der Waals surface area contributed by atoms with Gasteiger partial charge >= 0.3 is 0 Å². The zero-order chi connectivity index (χ0) is 15.6. The van der Waals surface area contributed by atoms with Crippen molar-refractivity contribution < 1.29 is 9.53 Å². The number of amides is 1. The third kappa shape index (κ3) is 2.99. The molecule has 7 heteroatoms. The Morgan fingerprint density at radius 2 is 2.30 bits per heavy atom. The van der Waals surface area contributed by atoms with Crippen LogP contribution in [-0.2, 0) is 6.54 Å². The number of carbonyl (C=O) groups excluding carboxylic acids is 1. The maximum absolute atomic E-state index is 12.9. The van der Waals surface area contributed by atoms with Gasteiger partial charge in [0.2, 0.25) is 5.88 Å². The van der Waals surface area contributed by atoms with Gasteiger partial charge in [0.1, 0.15) is 5.56 Å². The van der Waals surface area contributed by atoms with Crippen molar-refractivity contribution >= 4 is 29.0 Å². The van der Waals surface area contributed by atoms with E-state index in [2.05, 4.69) is 22.6 Å². The molecule has 0 aliphatic carbocycles. The molecule has 1 fully saturated rings. The average molecular weight is 349 g/mol. The van der Waals surface area contributed by atoms with E-state index in [1.807, 2.05) is 28.0 Å². The van der Waals surface area contributed by atoms with Crippen LogP contribution in [-0.4, -0.2) is 46.0 Å². The summed E-state index contributed by atoms with van der Waals surface area (Å²) in [5.74, 6) is 1.67. The predicted molar refractivity (Wildman–Crippen MR) is 92.4 cm³/mol. The van der Waals surface area contributed by atoms with Crippen molar-refractivity contribution in [2.45, 2.75) is 24.6 Å². The Labute approximate surface area is 143 Å². The molecule has 0 aromatic carbocycles. The Hall–Kier alpha value is -1.47. The minimum Gasteiger partial charge on any atom is -0.477 e. The van der Waals surface area contributed by atoms with Gasteiger partial charge in [-0.15, -0.1) is 11.3 Å². The highest BCUT2D eigenvalue weighted by Gasteiger charge is 2.28. The molecule has 4 heterocycles. The maximum atomic E-state index is 12.9. The molecule has 2 aromatic rings. The number of thiophene rings is 1. The second-order valence-electron chi connectivity index (χ2n) is 5.74. The Kier molecular flexibility index (Phi) is 4.31. The van der Waals surface area contributed by atoms with Gasteiger partial charge in [-0.3, -0.25) is 4.79 Å². The lowest BCUT2D eigenvalue weighted by molar-refractivity contribution is 0.0760. The summed E-state index contributed by atoms with van der Waals surface area (Å²) in [6, 6.07) is 4.30. The van der Waals surface area contributed by atoms with E-state index < -0.39 is 0 Å². The van der Waals surface area contributed by atoms with Gasteiger partial charge in [0.15, 0.2) is 0 Å². The van der Waals surface area contributed by atoms with Gasteiger partial charge in [0, 0.05) is 41.9 Å². The molecule has 1 atom stereocenters. The van der Waals surface area contributed by atoms with Gasteiger partial charge in [0.05, 0.1) is 12.8 Å². The highest BCUT2D eigenvalue weighted by Crippen LogP contribution is 2.37. The minimum atomic E-state index is 0.0561. The number of aryl methyl sites for hydroxylation is 1. The Bertz CT molecular complexity index is 684. The number of fused-ring (bicyclic) bond motifs is 1. The van der Waals surface area contributed by atoms with Crippen LogP contribution in [0.2, 0.25) is 0 Å². The van der Waals surface area contributed by atoms with Crippen LogP contribution >= 0.6 is 23.1 Å². The van der Waals surface area contributed by atoms with Crippen LogP contribution in [0.4, 0.5) is 0 Å². The van der Waals surface area contributed by atoms with Crippen LogP contribution in [0.3, 0.4) is 0 Å². The average Bonchev–Trinajstić information content (AvgIpc) is 3.19. The number of hydrogen-bond donors (Lipinski definition) is 0. The van der Waals surface area contributed by atoms with Crippen molar-refractivity contribution in [2.75, 3.05) is 25.4 Å². The minimum absolute atomic E-state index is 0.0561. The number of aromatic nitrogens is 2. The van der Waals surface area contributed by atoms with Crippen molar-refractivity contribution in [1.29, 1.82) is 0 Å². The zero-order valence-electron chi connectivity index (χ0n) is 12.8. The summed E-state index contributed by atoms with van der Waals surface area (Å²) >= 11 is 3.76. The van der Waals surface area contributed by atoms with E-state index in [0.717, 1.165) is 38.2 Å². The van der Waals surface area contributed by atoms with Crippen LogP contribution < -0.4 is 4.74 Å². The summed E-state index contributed by atoms with van der Waals surface area (Å²) in [5.41, 5.74) is 0.615. The van der Waals surface area contributed by atoms with Crippen LogP contribution in [0.1, 0.15) is 33.3 Å². The van der Waals surface area contributed by atoms with Crippen molar-refractivity contribution in [2.24, 2.45) is 0 Å². The van der Waals surface area contributed by atoms with E-state index in [-0.39, 0.29) is 5.91 Å². The fourth-order valence-corrected chi connectivity index (χ4v) is 5.30. The summed E-state index contributed by atoms with van der Waals surface area (Å²) in [6.45, 7) is 3.08. The molecule has 0 saturated carbocycles. The van der Waals surface area contributed by atoms with Crippen molar-refractivity contribution in [1.82, 2.24) is 14.7 Å². The summed E-state index contributed by atoms with van der Waals surface area (Å²) in [7, 11) is 0. The number of nitrogens with zero attached hydrogens (tertiary/aromatic N) is 3. The monoisotopic (exact) mass is 349 g/mol. The molecule has 1 unspecified atom stereocenters. The molecule has 1 saturated heterocycles. The van der Waals surface area contributed by atoms with E-state index >= 15 is 0 Å². The first-order chi connectivity index (χ1) is 11.3. The molecule has 23 heavy (non-hydrogen) atoms. The Morgan fingerprint density at radius 3 is 3.17 bits per heavy atom. The molecule has 5 nitrogen and oxygen atoms in total. The second-order valence-corrected chi connectivity index (χ2v) is 8.03. The molecule has 122 valence electrons. The molecule has 0 spiro atoms. The zero-order valence-corrected chi connectivity index (χ0v) is 14.4. The van der Waals surface area contributed by atoms with Crippen LogP contribution in [0.25, 0.3) is 0 Å². The second kappa shape index (κ2) is 6.57. The molecule has 0 bridgehead atoms. The van der Waals surface area contributed by atoms with Crippen molar-refractivity contribution in [3.63, 3.8) is 0 Å². The Morgan fingerprint density at radius 1 is 1.35 bits per heavy atom. The lowest BCUT2D eigenvalue weighted by atomic mass is 10.2. The normalized spacial score (nSPS) is 21.4. The molecule has 0 N–H and O–H groups in total. The van der Waals surface area contributed by atoms with Gasteiger partial charge in [-0.1, -0.05) is 6.07 Å². The fourth-order valence-electron chi connectivity index (χ4n) is 3.06. The molecule has 2 aliphatic heterocycles. The number of hydrogen-bond acceptors (Lipinski definition) is 5. The number of thioether (sulfide) groups is 1. The Balaban J connectivity index is 1.48. The number of rotatable bonds is 2. The van der Waals surface area contributed by atoms with E-state index in [4.69, 9.17) is 4.74 Å². The summed E-state index contributed by atoms with van der Waals surface area (Å²) < 4.78 is 7.47. The van der Waals surface area contributed by atoms with Gasteiger partial charge in [0.25, 0.3) is 5.91 Å². The maximum Gasteiger partial charge on any atom is 0.261 e.